The number of likely N-dealkylation sites (tertiary alicyclic amines) is 1. The van der Waals surface area contributed by atoms with Crippen molar-refractivity contribution >= 4 is 21.8 Å². The lowest BCUT2D eigenvalue weighted by molar-refractivity contribution is -0.135. The van der Waals surface area contributed by atoms with Gasteiger partial charge in [-0.2, -0.15) is 0 Å². The standard InChI is InChI=1S/C18H27N3O4S/c1-18(2,3)17(23)19-13-16(22)21-11-9-14(10-12-21)20-26(24,25)15-7-5-4-6-8-15/h4-8,14,20H,9-13H2,1-3H3,(H,19,23). The average molecular weight is 381 g/mol. The molecule has 144 valence electrons. The maximum absolute atomic E-state index is 12.3. The van der Waals surface area contributed by atoms with E-state index in [4.69, 9.17) is 0 Å². The molecule has 2 N–H and O–H groups in total. The number of amides is 2. The van der Waals surface area contributed by atoms with Gasteiger partial charge in [-0.05, 0) is 25.0 Å². The van der Waals surface area contributed by atoms with Crippen LogP contribution in [0.1, 0.15) is 33.6 Å². The van der Waals surface area contributed by atoms with Crippen LogP contribution in [0, 0.1) is 5.41 Å². The van der Waals surface area contributed by atoms with Crippen LogP contribution < -0.4 is 10.0 Å². The minimum Gasteiger partial charge on any atom is -0.347 e. The van der Waals surface area contributed by atoms with Crippen LogP contribution in [0.5, 0.6) is 0 Å². The van der Waals surface area contributed by atoms with Crippen LogP contribution in [-0.2, 0) is 19.6 Å². The van der Waals surface area contributed by atoms with Gasteiger partial charge in [0.2, 0.25) is 21.8 Å². The van der Waals surface area contributed by atoms with Gasteiger partial charge in [0.05, 0.1) is 11.4 Å². The summed E-state index contributed by atoms with van der Waals surface area (Å²) in [5, 5.41) is 2.65. The maximum Gasteiger partial charge on any atom is 0.241 e. The molecule has 1 aliphatic rings. The molecule has 1 fully saturated rings. The van der Waals surface area contributed by atoms with Crippen molar-refractivity contribution in [3.8, 4) is 0 Å². The molecule has 1 heterocycles. The largest absolute Gasteiger partial charge is 0.347 e. The normalized spacial score (nSPS) is 16.3. The Bertz CT molecular complexity index is 733. The molecule has 2 rings (SSSR count). The Morgan fingerprint density at radius 1 is 1.12 bits per heavy atom. The number of hydrogen-bond donors (Lipinski definition) is 2. The Labute approximate surface area is 155 Å². The summed E-state index contributed by atoms with van der Waals surface area (Å²) in [6.45, 7) is 6.26. The van der Waals surface area contributed by atoms with E-state index in [1.807, 2.05) is 0 Å². The highest BCUT2D eigenvalue weighted by atomic mass is 32.2. The van der Waals surface area contributed by atoms with Crippen molar-refractivity contribution < 1.29 is 18.0 Å². The van der Waals surface area contributed by atoms with Gasteiger partial charge in [0, 0.05) is 24.5 Å². The zero-order valence-electron chi connectivity index (χ0n) is 15.5. The summed E-state index contributed by atoms with van der Waals surface area (Å²) in [4.78, 5) is 26.0. The van der Waals surface area contributed by atoms with Gasteiger partial charge in [-0.3, -0.25) is 9.59 Å². The zero-order chi connectivity index (χ0) is 19.4. The Hall–Kier alpha value is -1.93. The fraction of sp³-hybridized carbons (Fsp3) is 0.556. The Morgan fingerprint density at radius 2 is 1.69 bits per heavy atom. The van der Waals surface area contributed by atoms with Crippen LogP contribution in [0.4, 0.5) is 0 Å². The van der Waals surface area contributed by atoms with Crippen LogP contribution in [0.25, 0.3) is 0 Å². The van der Waals surface area contributed by atoms with Gasteiger partial charge in [-0.1, -0.05) is 39.0 Å². The molecule has 26 heavy (non-hydrogen) atoms. The van der Waals surface area contributed by atoms with E-state index in [-0.39, 0.29) is 29.3 Å². The van der Waals surface area contributed by atoms with Gasteiger partial charge >= 0.3 is 0 Å². The summed E-state index contributed by atoms with van der Waals surface area (Å²) in [5.74, 6) is -0.316. The fourth-order valence-corrected chi connectivity index (χ4v) is 3.99. The molecule has 2 amide bonds. The molecule has 0 radical (unpaired) electrons. The maximum atomic E-state index is 12.3. The van der Waals surface area contributed by atoms with E-state index in [2.05, 4.69) is 10.0 Å². The summed E-state index contributed by atoms with van der Waals surface area (Å²) in [5.41, 5.74) is -0.539. The topological polar surface area (TPSA) is 95.6 Å². The molecule has 1 aliphatic heterocycles. The van der Waals surface area contributed by atoms with Crippen molar-refractivity contribution in [1.29, 1.82) is 0 Å². The van der Waals surface area contributed by atoms with Crippen molar-refractivity contribution in [2.75, 3.05) is 19.6 Å². The molecule has 7 nitrogen and oxygen atoms in total. The third-order valence-corrected chi connectivity index (χ3v) is 5.84. The number of hydrogen-bond acceptors (Lipinski definition) is 4. The molecule has 0 aromatic heterocycles. The predicted octanol–water partition coefficient (Wildman–Crippen LogP) is 1.12. The molecule has 1 saturated heterocycles. The lowest BCUT2D eigenvalue weighted by Gasteiger charge is -2.32. The second-order valence-electron chi connectivity index (χ2n) is 7.52. The second-order valence-corrected chi connectivity index (χ2v) is 9.24. The molecular formula is C18H27N3O4S. The second kappa shape index (κ2) is 8.18. The van der Waals surface area contributed by atoms with Crippen molar-refractivity contribution in [1.82, 2.24) is 14.9 Å². The quantitative estimate of drug-likeness (QED) is 0.799. The summed E-state index contributed by atoms with van der Waals surface area (Å²) >= 11 is 0. The van der Waals surface area contributed by atoms with E-state index in [0.29, 0.717) is 25.9 Å². The van der Waals surface area contributed by atoms with Gasteiger partial charge in [0.25, 0.3) is 0 Å². The van der Waals surface area contributed by atoms with Crippen LogP contribution in [0.3, 0.4) is 0 Å². The third kappa shape index (κ3) is 5.54. The summed E-state index contributed by atoms with van der Waals surface area (Å²) in [7, 11) is -3.55. The van der Waals surface area contributed by atoms with Crippen LogP contribution in [-0.4, -0.2) is 50.8 Å². The van der Waals surface area contributed by atoms with Gasteiger partial charge in [0.15, 0.2) is 0 Å². The number of carbonyl (C=O) groups excluding carboxylic acids is 2. The number of nitrogens with one attached hydrogen (secondary N) is 2. The Kier molecular flexibility index (Phi) is 6.41. The van der Waals surface area contributed by atoms with E-state index in [1.54, 1.807) is 56.0 Å². The minimum atomic E-state index is -3.55. The molecule has 0 unspecified atom stereocenters. The summed E-state index contributed by atoms with van der Waals surface area (Å²) < 4.78 is 27.4. The molecule has 0 saturated carbocycles. The number of nitrogens with zero attached hydrogens (tertiary/aromatic N) is 1. The van der Waals surface area contributed by atoms with E-state index < -0.39 is 15.4 Å². The Morgan fingerprint density at radius 3 is 2.23 bits per heavy atom. The van der Waals surface area contributed by atoms with Gasteiger partial charge in [0.1, 0.15) is 0 Å². The van der Waals surface area contributed by atoms with E-state index >= 15 is 0 Å². The SMILES string of the molecule is CC(C)(C)C(=O)NCC(=O)N1CCC(NS(=O)(=O)c2ccccc2)CC1. The van der Waals surface area contributed by atoms with E-state index in [9.17, 15) is 18.0 Å². The van der Waals surface area contributed by atoms with Crippen molar-refractivity contribution in [2.45, 2.75) is 44.6 Å². The van der Waals surface area contributed by atoms with Crippen molar-refractivity contribution in [3.63, 3.8) is 0 Å². The van der Waals surface area contributed by atoms with Crippen molar-refractivity contribution in [3.05, 3.63) is 30.3 Å². The number of piperidine rings is 1. The smallest absolute Gasteiger partial charge is 0.241 e. The molecule has 1 aromatic rings. The van der Waals surface area contributed by atoms with Gasteiger partial charge in [-0.15, -0.1) is 0 Å². The highest BCUT2D eigenvalue weighted by Gasteiger charge is 2.27. The third-order valence-electron chi connectivity index (χ3n) is 4.30. The molecule has 0 atom stereocenters. The highest BCUT2D eigenvalue weighted by Crippen LogP contribution is 2.15. The summed E-state index contributed by atoms with van der Waals surface area (Å²) in [6, 6.07) is 8.04. The Balaban J connectivity index is 1.82. The predicted molar refractivity (Wildman–Crippen MR) is 98.8 cm³/mol. The number of rotatable bonds is 5. The molecule has 1 aromatic carbocycles. The van der Waals surface area contributed by atoms with Crippen LogP contribution >= 0.6 is 0 Å². The monoisotopic (exact) mass is 381 g/mol. The molecular weight excluding hydrogens is 354 g/mol. The van der Waals surface area contributed by atoms with Gasteiger partial charge < -0.3 is 10.2 Å². The molecule has 8 heteroatoms. The number of sulfonamides is 1. The van der Waals surface area contributed by atoms with E-state index in [0.717, 1.165) is 0 Å². The zero-order valence-corrected chi connectivity index (χ0v) is 16.3. The average Bonchev–Trinajstić information content (AvgIpc) is 2.59. The first-order valence-electron chi connectivity index (χ1n) is 8.73. The highest BCUT2D eigenvalue weighted by molar-refractivity contribution is 7.89. The first-order chi connectivity index (χ1) is 12.1. The fourth-order valence-electron chi connectivity index (χ4n) is 2.67. The first-order valence-corrected chi connectivity index (χ1v) is 10.2. The number of carbonyl (C=O) groups is 2. The summed E-state index contributed by atoms with van der Waals surface area (Å²) in [6.07, 6.45) is 1.09. The first kappa shape index (κ1) is 20.4. The molecule has 0 aliphatic carbocycles. The molecule has 0 spiro atoms. The minimum absolute atomic E-state index is 0.0312. The lowest BCUT2D eigenvalue weighted by atomic mass is 9.96. The lowest BCUT2D eigenvalue weighted by Crippen LogP contribution is -2.49. The van der Waals surface area contributed by atoms with E-state index in [1.165, 1.54) is 0 Å². The van der Waals surface area contributed by atoms with Gasteiger partial charge in [-0.25, -0.2) is 13.1 Å². The molecule has 0 bridgehead atoms. The van der Waals surface area contributed by atoms with Crippen LogP contribution in [0.15, 0.2) is 35.2 Å². The number of benzene rings is 1. The van der Waals surface area contributed by atoms with Crippen LogP contribution in [0.2, 0.25) is 0 Å². The van der Waals surface area contributed by atoms with Crippen molar-refractivity contribution in [2.24, 2.45) is 5.41 Å².